The molecule has 3 rings (SSSR count). The van der Waals surface area contributed by atoms with Crippen molar-refractivity contribution < 1.29 is 4.39 Å². The molecule has 1 aromatic heterocycles. The molecule has 0 bridgehead atoms. The number of anilines is 3. The predicted octanol–water partition coefficient (Wildman–Crippen LogP) is 4.42. The fraction of sp³-hybridized carbons (Fsp3) is 0.0625. The van der Waals surface area contributed by atoms with Crippen LogP contribution in [-0.4, -0.2) is 11.2 Å². The van der Waals surface area contributed by atoms with Crippen molar-refractivity contribution in [3.8, 4) is 0 Å². The van der Waals surface area contributed by atoms with Crippen molar-refractivity contribution in [2.45, 2.75) is 4.90 Å². The van der Waals surface area contributed by atoms with Gasteiger partial charge in [0.25, 0.3) is 0 Å². The Labute approximate surface area is 126 Å². The zero-order chi connectivity index (χ0) is 14.8. The van der Waals surface area contributed by atoms with E-state index in [1.54, 1.807) is 24.0 Å². The highest BCUT2D eigenvalue weighted by molar-refractivity contribution is 7.98. The van der Waals surface area contributed by atoms with E-state index in [9.17, 15) is 4.39 Å². The molecule has 3 nitrogen and oxygen atoms in total. The zero-order valence-electron chi connectivity index (χ0n) is 11.4. The predicted molar refractivity (Wildman–Crippen MR) is 87.6 cm³/mol. The Morgan fingerprint density at radius 1 is 1.19 bits per heavy atom. The number of fused-ring (bicyclic) bond motifs is 1. The lowest BCUT2D eigenvalue weighted by atomic mass is 10.1. The van der Waals surface area contributed by atoms with E-state index in [-0.39, 0.29) is 0 Å². The van der Waals surface area contributed by atoms with Gasteiger partial charge in [-0.25, -0.2) is 4.39 Å². The summed E-state index contributed by atoms with van der Waals surface area (Å²) < 4.78 is 14.3. The van der Waals surface area contributed by atoms with E-state index in [1.807, 2.05) is 36.6 Å². The molecule has 0 amide bonds. The second-order valence-corrected chi connectivity index (χ2v) is 5.40. The number of nitrogen functional groups attached to an aromatic ring is 1. The standard InChI is InChI=1S/C16H14FN3S/c1-21-14-7-3-2-6-13(14)20-16-11(17)9-12(18)10-5-4-8-19-15(10)16/h2-9,20H,18H2,1H3. The van der Waals surface area contributed by atoms with Crippen molar-refractivity contribution in [1.82, 2.24) is 4.98 Å². The first-order valence-electron chi connectivity index (χ1n) is 6.43. The van der Waals surface area contributed by atoms with Crippen LogP contribution in [0.15, 0.2) is 53.6 Å². The zero-order valence-corrected chi connectivity index (χ0v) is 12.2. The van der Waals surface area contributed by atoms with Crippen LogP contribution < -0.4 is 11.1 Å². The molecule has 3 aromatic rings. The lowest BCUT2D eigenvalue weighted by molar-refractivity contribution is 0.634. The van der Waals surface area contributed by atoms with Crippen LogP contribution in [0.2, 0.25) is 0 Å². The summed E-state index contributed by atoms with van der Waals surface area (Å²) in [5, 5.41) is 3.89. The molecular formula is C16H14FN3S. The number of nitrogens with two attached hydrogens (primary N) is 1. The van der Waals surface area contributed by atoms with Gasteiger partial charge < -0.3 is 11.1 Å². The molecule has 0 fully saturated rings. The van der Waals surface area contributed by atoms with E-state index < -0.39 is 5.82 Å². The maximum absolute atomic E-state index is 14.3. The highest BCUT2D eigenvalue weighted by Crippen LogP contribution is 2.34. The number of para-hydroxylation sites is 1. The fourth-order valence-electron chi connectivity index (χ4n) is 2.24. The van der Waals surface area contributed by atoms with Gasteiger partial charge in [0, 0.05) is 22.2 Å². The number of thioether (sulfide) groups is 1. The van der Waals surface area contributed by atoms with Crippen LogP contribution >= 0.6 is 11.8 Å². The SMILES string of the molecule is CSc1ccccc1Nc1c(F)cc(N)c2cccnc12. The highest BCUT2D eigenvalue weighted by Gasteiger charge is 2.13. The summed E-state index contributed by atoms with van der Waals surface area (Å²) in [5.74, 6) is -0.408. The molecule has 2 aromatic carbocycles. The molecule has 0 aliphatic heterocycles. The summed E-state index contributed by atoms with van der Waals surface area (Å²) in [6, 6.07) is 12.7. The Kier molecular flexibility index (Phi) is 3.66. The van der Waals surface area contributed by atoms with Gasteiger partial charge in [-0.05, 0) is 36.6 Å². The third kappa shape index (κ3) is 2.52. The van der Waals surface area contributed by atoms with Gasteiger partial charge in [0.2, 0.25) is 0 Å². The minimum atomic E-state index is -0.408. The average Bonchev–Trinajstić information content (AvgIpc) is 2.52. The Bertz CT molecular complexity index is 805. The van der Waals surface area contributed by atoms with Gasteiger partial charge in [-0.15, -0.1) is 11.8 Å². The Morgan fingerprint density at radius 3 is 2.81 bits per heavy atom. The molecule has 1 heterocycles. The van der Waals surface area contributed by atoms with Gasteiger partial charge in [0.15, 0.2) is 5.82 Å². The van der Waals surface area contributed by atoms with Crippen molar-refractivity contribution in [2.24, 2.45) is 0 Å². The van der Waals surface area contributed by atoms with Crippen LogP contribution in [0, 0.1) is 5.82 Å². The number of benzene rings is 2. The lowest BCUT2D eigenvalue weighted by Gasteiger charge is -2.14. The number of aromatic nitrogens is 1. The van der Waals surface area contributed by atoms with E-state index in [4.69, 9.17) is 5.73 Å². The number of hydrogen-bond acceptors (Lipinski definition) is 4. The van der Waals surface area contributed by atoms with E-state index in [0.717, 1.165) is 16.0 Å². The third-order valence-corrected chi connectivity index (χ3v) is 4.04. The third-order valence-electron chi connectivity index (χ3n) is 3.24. The molecular weight excluding hydrogens is 285 g/mol. The van der Waals surface area contributed by atoms with E-state index in [0.29, 0.717) is 16.9 Å². The van der Waals surface area contributed by atoms with Crippen LogP contribution in [0.1, 0.15) is 0 Å². The molecule has 0 saturated heterocycles. The Morgan fingerprint density at radius 2 is 2.00 bits per heavy atom. The van der Waals surface area contributed by atoms with E-state index >= 15 is 0 Å². The normalized spacial score (nSPS) is 10.8. The number of halogens is 1. The van der Waals surface area contributed by atoms with Crippen molar-refractivity contribution >= 4 is 39.7 Å². The summed E-state index contributed by atoms with van der Waals surface area (Å²) in [4.78, 5) is 5.30. The van der Waals surface area contributed by atoms with Crippen molar-refractivity contribution in [3.63, 3.8) is 0 Å². The number of nitrogens with one attached hydrogen (secondary N) is 1. The monoisotopic (exact) mass is 299 g/mol. The van der Waals surface area contributed by atoms with Gasteiger partial charge >= 0.3 is 0 Å². The number of hydrogen-bond donors (Lipinski definition) is 2. The summed E-state index contributed by atoms with van der Waals surface area (Å²) in [5.41, 5.74) is 7.98. The second-order valence-electron chi connectivity index (χ2n) is 4.55. The van der Waals surface area contributed by atoms with Crippen LogP contribution in [0.3, 0.4) is 0 Å². The van der Waals surface area contributed by atoms with Gasteiger partial charge in [-0.3, -0.25) is 4.98 Å². The van der Waals surface area contributed by atoms with Crippen LogP contribution in [0.5, 0.6) is 0 Å². The number of rotatable bonds is 3. The van der Waals surface area contributed by atoms with Crippen molar-refractivity contribution in [1.29, 1.82) is 0 Å². The molecule has 0 aliphatic rings. The smallest absolute Gasteiger partial charge is 0.150 e. The molecule has 0 spiro atoms. The number of nitrogens with zero attached hydrogens (tertiary/aromatic N) is 1. The maximum Gasteiger partial charge on any atom is 0.150 e. The summed E-state index contributed by atoms with van der Waals surface area (Å²) in [6.45, 7) is 0. The molecule has 0 aliphatic carbocycles. The summed E-state index contributed by atoms with van der Waals surface area (Å²) in [7, 11) is 0. The molecule has 21 heavy (non-hydrogen) atoms. The van der Waals surface area contributed by atoms with Crippen molar-refractivity contribution in [3.05, 3.63) is 54.5 Å². The first-order chi connectivity index (χ1) is 10.2. The van der Waals surface area contributed by atoms with Gasteiger partial charge in [-0.2, -0.15) is 0 Å². The topological polar surface area (TPSA) is 50.9 Å². The molecule has 3 N–H and O–H groups in total. The van der Waals surface area contributed by atoms with Gasteiger partial charge in [0.1, 0.15) is 5.69 Å². The quantitative estimate of drug-likeness (QED) is 0.555. The lowest BCUT2D eigenvalue weighted by Crippen LogP contribution is -2.00. The van der Waals surface area contributed by atoms with E-state index in [2.05, 4.69) is 10.3 Å². The minimum Gasteiger partial charge on any atom is -0.398 e. The Balaban J connectivity index is 2.17. The van der Waals surface area contributed by atoms with Crippen LogP contribution in [0.25, 0.3) is 10.9 Å². The second kappa shape index (κ2) is 5.61. The first-order valence-corrected chi connectivity index (χ1v) is 7.66. The molecule has 0 unspecified atom stereocenters. The van der Waals surface area contributed by atoms with Gasteiger partial charge in [-0.1, -0.05) is 12.1 Å². The van der Waals surface area contributed by atoms with Crippen LogP contribution in [0.4, 0.5) is 21.5 Å². The average molecular weight is 299 g/mol. The first kappa shape index (κ1) is 13.7. The minimum absolute atomic E-state index is 0.348. The molecule has 0 atom stereocenters. The summed E-state index contributed by atoms with van der Waals surface area (Å²) >= 11 is 1.60. The van der Waals surface area contributed by atoms with E-state index in [1.165, 1.54) is 6.07 Å². The fourth-order valence-corrected chi connectivity index (χ4v) is 2.79. The number of pyridine rings is 1. The summed E-state index contributed by atoms with van der Waals surface area (Å²) in [6.07, 6.45) is 3.61. The maximum atomic E-state index is 14.3. The van der Waals surface area contributed by atoms with Gasteiger partial charge in [0.05, 0.1) is 11.2 Å². The largest absolute Gasteiger partial charge is 0.398 e. The highest BCUT2D eigenvalue weighted by atomic mass is 32.2. The molecule has 106 valence electrons. The van der Waals surface area contributed by atoms with Crippen LogP contribution in [-0.2, 0) is 0 Å². The molecule has 5 heteroatoms. The molecule has 0 radical (unpaired) electrons. The molecule has 0 saturated carbocycles. The van der Waals surface area contributed by atoms with Crippen molar-refractivity contribution in [2.75, 3.05) is 17.3 Å². The Hall–Kier alpha value is -2.27.